The van der Waals surface area contributed by atoms with Crippen LogP contribution in [0.1, 0.15) is 54.5 Å². The van der Waals surface area contributed by atoms with Gasteiger partial charge in [-0.05, 0) is 49.4 Å². The molecule has 2 aromatic heterocycles. The number of thiazole rings is 1. The molecule has 2 aromatic carbocycles. The number of nitriles is 1. The molecule has 0 aliphatic carbocycles. The van der Waals surface area contributed by atoms with Crippen LogP contribution in [0.15, 0.2) is 48.7 Å². The minimum absolute atomic E-state index is 0.0997. The Morgan fingerprint density at radius 2 is 1.98 bits per heavy atom. The van der Waals surface area contributed by atoms with Crippen LogP contribution in [0.3, 0.4) is 0 Å². The monoisotopic (exact) mass is 579 g/mol. The topological polar surface area (TPSA) is 108 Å². The lowest BCUT2D eigenvalue weighted by Gasteiger charge is -2.16. The molecule has 3 heterocycles. The van der Waals surface area contributed by atoms with E-state index in [4.69, 9.17) is 16.3 Å². The fourth-order valence-corrected chi connectivity index (χ4v) is 5.56. The largest absolute Gasteiger partial charge is 0.496 e. The van der Waals surface area contributed by atoms with E-state index in [1.54, 1.807) is 31.2 Å². The first kappa shape index (κ1) is 27.2. The number of rotatable bonds is 6. The maximum atomic E-state index is 13.3. The molecule has 0 fully saturated rings. The molecule has 5 rings (SSSR count). The number of amides is 2. The molecule has 40 heavy (non-hydrogen) atoms. The van der Waals surface area contributed by atoms with Gasteiger partial charge in [-0.3, -0.25) is 19.9 Å². The first-order chi connectivity index (χ1) is 19.2. The number of nitrogens with zero attached hydrogens (tertiary/aromatic N) is 4. The number of aryl methyl sites for hydroxylation is 1. The number of carbonyl (C=O) groups excluding carboxylic acids is 2. The van der Waals surface area contributed by atoms with Crippen molar-refractivity contribution in [2.75, 3.05) is 12.4 Å². The van der Waals surface area contributed by atoms with Crippen molar-refractivity contribution in [1.82, 2.24) is 14.9 Å². The lowest BCUT2D eigenvalue weighted by atomic mass is 9.97. The SMILES string of the molecule is COc1ccc(C#N)cc1-c1cc(C)ncc1C(=O)Nc1nc2c(s1)CN(C(=O)c1ccc(Cl)c(C(F)F)c1)C2. The van der Waals surface area contributed by atoms with Gasteiger partial charge in [-0.2, -0.15) is 5.26 Å². The number of pyridine rings is 1. The molecule has 0 saturated carbocycles. The fourth-order valence-electron chi connectivity index (χ4n) is 4.38. The summed E-state index contributed by atoms with van der Waals surface area (Å²) in [6.07, 6.45) is -1.34. The van der Waals surface area contributed by atoms with E-state index < -0.39 is 23.8 Å². The van der Waals surface area contributed by atoms with E-state index >= 15 is 0 Å². The van der Waals surface area contributed by atoms with E-state index in [0.717, 1.165) is 10.9 Å². The molecule has 1 aliphatic rings. The minimum Gasteiger partial charge on any atom is -0.496 e. The van der Waals surface area contributed by atoms with Crippen molar-refractivity contribution >= 4 is 39.9 Å². The summed E-state index contributed by atoms with van der Waals surface area (Å²) in [6.45, 7) is 2.19. The number of halogens is 3. The van der Waals surface area contributed by atoms with Crippen molar-refractivity contribution < 1.29 is 23.1 Å². The predicted molar refractivity (Wildman–Crippen MR) is 146 cm³/mol. The first-order valence-corrected chi connectivity index (χ1v) is 13.1. The number of benzene rings is 2. The third-order valence-electron chi connectivity index (χ3n) is 6.34. The normalized spacial score (nSPS) is 12.3. The number of nitrogens with one attached hydrogen (secondary N) is 1. The fraction of sp³-hybridized carbons (Fsp3) is 0.179. The van der Waals surface area contributed by atoms with E-state index in [-0.39, 0.29) is 29.2 Å². The molecule has 1 aliphatic heterocycles. The molecule has 0 radical (unpaired) electrons. The Kier molecular flexibility index (Phi) is 7.47. The van der Waals surface area contributed by atoms with Crippen LogP contribution in [-0.2, 0) is 13.1 Å². The van der Waals surface area contributed by atoms with Crippen molar-refractivity contribution in [2.24, 2.45) is 0 Å². The van der Waals surface area contributed by atoms with E-state index in [1.807, 2.05) is 0 Å². The number of hydrogen-bond acceptors (Lipinski definition) is 7. The second-order valence-electron chi connectivity index (χ2n) is 8.94. The van der Waals surface area contributed by atoms with Gasteiger partial charge in [0.1, 0.15) is 5.75 Å². The molecule has 0 atom stereocenters. The first-order valence-electron chi connectivity index (χ1n) is 11.9. The van der Waals surface area contributed by atoms with Crippen LogP contribution in [-0.4, -0.2) is 33.8 Å². The third kappa shape index (κ3) is 5.23. The highest BCUT2D eigenvalue weighted by Crippen LogP contribution is 2.36. The number of methoxy groups -OCH3 is 1. The van der Waals surface area contributed by atoms with Gasteiger partial charge in [0.2, 0.25) is 0 Å². The summed E-state index contributed by atoms with van der Waals surface area (Å²) < 4.78 is 31.9. The Labute approximate surface area is 236 Å². The zero-order valence-corrected chi connectivity index (χ0v) is 22.7. The Bertz CT molecular complexity index is 1680. The molecule has 8 nitrogen and oxygen atoms in total. The van der Waals surface area contributed by atoms with Gasteiger partial charge in [0.15, 0.2) is 5.13 Å². The van der Waals surface area contributed by atoms with Crippen LogP contribution in [0, 0.1) is 18.3 Å². The number of anilines is 1. The highest BCUT2D eigenvalue weighted by molar-refractivity contribution is 7.16. The van der Waals surface area contributed by atoms with Crippen LogP contribution in [0.2, 0.25) is 5.02 Å². The predicted octanol–water partition coefficient (Wildman–Crippen LogP) is 6.39. The molecule has 0 unspecified atom stereocenters. The Morgan fingerprint density at radius 1 is 1.18 bits per heavy atom. The van der Waals surface area contributed by atoms with Crippen LogP contribution in [0.4, 0.5) is 13.9 Å². The van der Waals surface area contributed by atoms with E-state index in [2.05, 4.69) is 21.4 Å². The van der Waals surface area contributed by atoms with Crippen molar-refractivity contribution in [2.45, 2.75) is 26.4 Å². The number of hydrogen-bond donors (Lipinski definition) is 1. The number of aromatic nitrogens is 2. The summed E-state index contributed by atoms with van der Waals surface area (Å²) in [5.41, 5.74) is 2.80. The lowest BCUT2D eigenvalue weighted by Crippen LogP contribution is -2.25. The third-order valence-corrected chi connectivity index (χ3v) is 7.69. The highest BCUT2D eigenvalue weighted by atomic mass is 35.5. The van der Waals surface area contributed by atoms with Gasteiger partial charge in [0.25, 0.3) is 18.2 Å². The summed E-state index contributed by atoms with van der Waals surface area (Å²) in [7, 11) is 1.51. The van der Waals surface area contributed by atoms with Crippen molar-refractivity contribution in [3.05, 3.63) is 92.2 Å². The molecule has 4 aromatic rings. The molecule has 2 amide bonds. The quantitative estimate of drug-likeness (QED) is 0.283. The Morgan fingerprint density at radius 3 is 2.67 bits per heavy atom. The van der Waals surface area contributed by atoms with Gasteiger partial charge in [0, 0.05) is 39.2 Å². The average molecular weight is 580 g/mol. The number of fused-ring (bicyclic) bond motifs is 1. The van der Waals surface area contributed by atoms with E-state index in [0.29, 0.717) is 39.0 Å². The van der Waals surface area contributed by atoms with Crippen molar-refractivity contribution in [1.29, 1.82) is 5.26 Å². The van der Waals surface area contributed by atoms with Gasteiger partial charge in [0.05, 0.1) is 48.0 Å². The molecular formula is C28H20ClF2N5O3S. The van der Waals surface area contributed by atoms with Gasteiger partial charge in [-0.15, -0.1) is 0 Å². The second-order valence-corrected chi connectivity index (χ2v) is 10.4. The number of carbonyl (C=O) groups is 2. The maximum Gasteiger partial charge on any atom is 0.265 e. The summed E-state index contributed by atoms with van der Waals surface area (Å²) in [6, 6.07) is 12.6. The number of alkyl halides is 2. The summed E-state index contributed by atoms with van der Waals surface area (Å²) >= 11 is 7.05. The van der Waals surface area contributed by atoms with Gasteiger partial charge < -0.3 is 9.64 Å². The maximum absolute atomic E-state index is 13.3. The molecule has 0 spiro atoms. The molecule has 0 saturated heterocycles. The van der Waals surface area contributed by atoms with Gasteiger partial charge in [-0.25, -0.2) is 13.8 Å². The average Bonchev–Trinajstić information content (AvgIpc) is 3.51. The summed E-state index contributed by atoms with van der Waals surface area (Å²) in [5.74, 6) is -0.371. The molecule has 0 bridgehead atoms. The zero-order chi connectivity index (χ0) is 28.6. The standard InChI is InChI=1S/C28H20ClF2N5O3S/c1-14-7-17(18-8-15(10-32)3-6-23(18)39-2)20(11-33-14)26(37)35-28-34-22-12-36(13-24(22)40-28)27(38)16-4-5-21(29)19(9-16)25(30)31/h3-9,11,25H,12-13H2,1-2H3,(H,34,35,37). The van der Waals surface area contributed by atoms with Gasteiger partial charge in [-0.1, -0.05) is 22.9 Å². The highest BCUT2D eigenvalue weighted by Gasteiger charge is 2.29. The molecule has 12 heteroatoms. The van der Waals surface area contributed by atoms with E-state index in [1.165, 1.54) is 41.7 Å². The Balaban J connectivity index is 1.35. The molecular weight excluding hydrogens is 560 g/mol. The van der Waals surface area contributed by atoms with Crippen molar-refractivity contribution in [3.63, 3.8) is 0 Å². The number of ether oxygens (including phenoxy) is 1. The minimum atomic E-state index is -2.80. The van der Waals surface area contributed by atoms with Crippen molar-refractivity contribution in [3.8, 4) is 22.9 Å². The van der Waals surface area contributed by atoms with Crippen LogP contribution in [0.25, 0.3) is 11.1 Å². The van der Waals surface area contributed by atoms with Crippen LogP contribution in [0.5, 0.6) is 5.75 Å². The zero-order valence-electron chi connectivity index (χ0n) is 21.2. The lowest BCUT2D eigenvalue weighted by molar-refractivity contribution is 0.0750. The van der Waals surface area contributed by atoms with Crippen LogP contribution < -0.4 is 10.1 Å². The van der Waals surface area contributed by atoms with Crippen LogP contribution >= 0.6 is 22.9 Å². The second kappa shape index (κ2) is 11.0. The Hall–Kier alpha value is -4.40. The van der Waals surface area contributed by atoms with Gasteiger partial charge >= 0.3 is 0 Å². The summed E-state index contributed by atoms with van der Waals surface area (Å²) in [5, 5.41) is 12.4. The smallest absolute Gasteiger partial charge is 0.265 e. The summed E-state index contributed by atoms with van der Waals surface area (Å²) in [4.78, 5) is 37.3. The molecule has 202 valence electrons. The van der Waals surface area contributed by atoms with E-state index in [9.17, 15) is 23.6 Å². The molecule has 1 N–H and O–H groups in total.